The highest BCUT2D eigenvalue weighted by Crippen LogP contribution is 2.13. The van der Waals surface area contributed by atoms with Crippen molar-refractivity contribution in [3.63, 3.8) is 0 Å². The minimum Gasteiger partial charge on any atom is -0.544 e. The molecule has 2 unspecified atom stereocenters. The Morgan fingerprint density at radius 2 is 0.803 bits per heavy atom. The Labute approximate surface area is 405 Å². The molecule has 0 amide bonds. The summed E-state index contributed by atoms with van der Waals surface area (Å²) in [5.74, 6) is -1.79. The van der Waals surface area contributed by atoms with E-state index in [2.05, 4.69) is 111 Å². The number of hydrogen-bond donors (Lipinski definition) is 0. The molecule has 0 aromatic heterocycles. The number of likely N-dealkylation sites (N-methyl/N-ethyl adjacent to an activating group) is 1. The fraction of sp³-hybridized carbons (Fsp3) is 0.672. The number of carboxylic acid groups (broad SMARTS) is 1. The SMILES string of the molecule is CCCCC/C=C/C/C=C/C/C=C/C/C=C/CCCCCCCC(=O)OCC(COCCC(C(=O)[O-])[N+](C)(C)C)OC(=O)CCCCCCC/C=C/C/C=C/C/C=C/C/C=C/CCCCC. The number of carbonyl (C=O) groups excluding carboxylic acids is 3. The van der Waals surface area contributed by atoms with Crippen LogP contribution in [0.5, 0.6) is 0 Å². The van der Waals surface area contributed by atoms with Gasteiger partial charge >= 0.3 is 11.9 Å². The van der Waals surface area contributed by atoms with Gasteiger partial charge in [-0.3, -0.25) is 9.59 Å². The van der Waals surface area contributed by atoms with Crippen molar-refractivity contribution in [2.45, 2.75) is 212 Å². The summed E-state index contributed by atoms with van der Waals surface area (Å²) in [7, 11) is 5.39. The lowest BCUT2D eigenvalue weighted by atomic mass is 10.1. The number of aliphatic carboxylic acids is 1. The highest BCUT2D eigenvalue weighted by atomic mass is 16.6. The molecule has 0 aromatic rings. The molecule has 0 aliphatic rings. The molecule has 8 heteroatoms. The zero-order valence-corrected chi connectivity index (χ0v) is 42.8. The third-order valence-corrected chi connectivity index (χ3v) is 11.2. The molecular weight excluding hydrogens is 823 g/mol. The maximum atomic E-state index is 12.8. The number of esters is 2. The van der Waals surface area contributed by atoms with E-state index in [1.807, 2.05) is 0 Å². The van der Waals surface area contributed by atoms with Gasteiger partial charge in [0.2, 0.25) is 0 Å². The molecule has 0 N–H and O–H groups in total. The second kappa shape index (κ2) is 47.7. The number of quaternary nitrogens is 1. The van der Waals surface area contributed by atoms with E-state index < -0.39 is 18.1 Å². The standard InChI is InChI=1S/C58H97NO7/c1-6-8-10-12-14-16-18-20-22-24-26-28-30-32-34-36-38-40-42-44-46-48-56(60)65-53-54(52-64-51-50-55(58(62)63)59(3,4)5)66-57(61)49-47-45-43-41-39-37-35-33-31-29-27-25-23-21-19-17-15-13-11-9-7-2/h14-17,20-23,26-29,32-35,54-55H,6-13,18-19,24-25,30-31,36-53H2,1-5H3/b16-14+,17-15+,22-20+,23-21+,28-26+,29-27+,34-32+,35-33+. The van der Waals surface area contributed by atoms with E-state index in [0.29, 0.717) is 6.42 Å². The van der Waals surface area contributed by atoms with E-state index in [1.54, 1.807) is 21.1 Å². The average molecular weight is 920 g/mol. The van der Waals surface area contributed by atoms with Crippen molar-refractivity contribution < 1.29 is 38.2 Å². The van der Waals surface area contributed by atoms with Crippen molar-refractivity contribution in [2.24, 2.45) is 0 Å². The minimum absolute atomic E-state index is 0.0207. The maximum Gasteiger partial charge on any atom is 0.306 e. The largest absolute Gasteiger partial charge is 0.544 e. The summed E-state index contributed by atoms with van der Waals surface area (Å²) in [6.07, 6.45) is 64.3. The fourth-order valence-electron chi connectivity index (χ4n) is 7.10. The molecule has 376 valence electrons. The summed E-state index contributed by atoms with van der Waals surface area (Å²) >= 11 is 0. The number of unbranched alkanes of at least 4 members (excludes halogenated alkanes) is 16. The Hall–Kier alpha value is -3.75. The van der Waals surface area contributed by atoms with Gasteiger partial charge in [0, 0.05) is 19.3 Å². The summed E-state index contributed by atoms with van der Waals surface area (Å²) < 4.78 is 17.2. The minimum atomic E-state index is -1.13. The van der Waals surface area contributed by atoms with Crippen LogP contribution >= 0.6 is 0 Å². The molecule has 0 aromatic carbocycles. The van der Waals surface area contributed by atoms with E-state index in [0.717, 1.165) is 116 Å². The van der Waals surface area contributed by atoms with E-state index in [4.69, 9.17) is 14.2 Å². The average Bonchev–Trinajstić information content (AvgIpc) is 3.28. The van der Waals surface area contributed by atoms with Crippen LogP contribution in [-0.4, -0.2) is 75.5 Å². The van der Waals surface area contributed by atoms with Crippen LogP contribution in [0, 0.1) is 0 Å². The van der Waals surface area contributed by atoms with E-state index in [9.17, 15) is 19.5 Å². The van der Waals surface area contributed by atoms with E-state index in [-0.39, 0.29) is 49.1 Å². The molecule has 0 spiro atoms. The third-order valence-electron chi connectivity index (χ3n) is 11.2. The Morgan fingerprint density at radius 3 is 1.18 bits per heavy atom. The highest BCUT2D eigenvalue weighted by molar-refractivity contribution is 5.70. The van der Waals surface area contributed by atoms with Gasteiger partial charge in [0.05, 0.1) is 40.3 Å². The topological polar surface area (TPSA) is 102 Å². The first-order chi connectivity index (χ1) is 32.1. The molecule has 0 saturated carbocycles. The second-order valence-corrected chi connectivity index (χ2v) is 18.4. The van der Waals surface area contributed by atoms with Gasteiger partial charge in [0.25, 0.3) is 0 Å². The van der Waals surface area contributed by atoms with Crippen LogP contribution in [0.25, 0.3) is 0 Å². The van der Waals surface area contributed by atoms with Crippen LogP contribution in [0.15, 0.2) is 97.2 Å². The lowest BCUT2D eigenvalue weighted by Crippen LogP contribution is -2.55. The molecule has 0 fully saturated rings. The molecule has 0 aliphatic carbocycles. The normalized spacial score (nSPS) is 13.7. The summed E-state index contributed by atoms with van der Waals surface area (Å²) in [6.45, 7) is 4.56. The smallest absolute Gasteiger partial charge is 0.306 e. The Morgan fingerprint density at radius 1 is 0.455 bits per heavy atom. The molecule has 0 radical (unpaired) electrons. The number of rotatable bonds is 46. The van der Waals surface area contributed by atoms with Crippen LogP contribution < -0.4 is 5.11 Å². The van der Waals surface area contributed by atoms with Crippen LogP contribution in [0.4, 0.5) is 0 Å². The lowest BCUT2D eigenvalue weighted by molar-refractivity contribution is -0.889. The van der Waals surface area contributed by atoms with Crippen molar-refractivity contribution in [3.05, 3.63) is 97.2 Å². The summed E-state index contributed by atoms with van der Waals surface area (Å²) in [6, 6.07) is -0.739. The summed E-state index contributed by atoms with van der Waals surface area (Å²) in [5, 5.41) is 11.7. The first kappa shape index (κ1) is 62.2. The number of nitrogens with zero attached hydrogens (tertiary/aromatic N) is 1. The molecular formula is C58H97NO7. The summed E-state index contributed by atoms with van der Waals surface area (Å²) in [4.78, 5) is 37.1. The number of hydrogen-bond acceptors (Lipinski definition) is 7. The predicted molar refractivity (Wildman–Crippen MR) is 277 cm³/mol. The Bertz CT molecular complexity index is 1400. The summed E-state index contributed by atoms with van der Waals surface area (Å²) in [5.41, 5.74) is 0. The van der Waals surface area contributed by atoms with Crippen molar-refractivity contribution in [1.82, 2.24) is 0 Å². The Balaban J connectivity index is 4.35. The first-order valence-electron chi connectivity index (χ1n) is 26.3. The van der Waals surface area contributed by atoms with Gasteiger partial charge < -0.3 is 28.6 Å². The van der Waals surface area contributed by atoms with Crippen LogP contribution in [0.1, 0.15) is 200 Å². The lowest BCUT2D eigenvalue weighted by Gasteiger charge is -2.34. The van der Waals surface area contributed by atoms with Gasteiger partial charge in [0.1, 0.15) is 12.6 Å². The predicted octanol–water partition coefficient (Wildman–Crippen LogP) is 14.1. The zero-order valence-electron chi connectivity index (χ0n) is 42.8. The molecule has 8 nitrogen and oxygen atoms in total. The van der Waals surface area contributed by atoms with Gasteiger partial charge in [-0.25, -0.2) is 0 Å². The van der Waals surface area contributed by atoms with Crippen LogP contribution in [0.3, 0.4) is 0 Å². The molecule has 0 aliphatic heterocycles. The third kappa shape index (κ3) is 45.4. The number of allylic oxidation sites excluding steroid dienone is 16. The molecule has 0 saturated heterocycles. The number of carbonyl (C=O) groups is 3. The molecule has 0 bridgehead atoms. The monoisotopic (exact) mass is 920 g/mol. The Kier molecular flexibility index (Phi) is 45.0. The number of carboxylic acids is 1. The quantitative estimate of drug-likeness (QED) is 0.0259. The van der Waals surface area contributed by atoms with Gasteiger partial charge in [0.15, 0.2) is 6.10 Å². The second-order valence-electron chi connectivity index (χ2n) is 18.4. The highest BCUT2D eigenvalue weighted by Gasteiger charge is 2.25. The zero-order chi connectivity index (χ0) is 48.4. The fourth-order valence-corrected chi connectivity index (χ4v) is 7.10. The van der Waals surface area contributed by atoms with Crippen LogP contribution in [-0.2, 0) is 28.6 Å². The van der Waals surface area contributed by atoms with Gasteiger partial charge in [-0.15, -0.1) is 0 Å². The molecule has 66 heavy (non-hydrogen) atoms. The van der Waals surface area contributed by atoms with E-state index >= 15 is 0 Å². The van der Waals surface area contributed by atoms with Gasteiger partial charge in [-0.05, 0) is 103 Å². The van der Waals surface area contributed by atoms with Gasteiger partial charge in [-0.2, -0.15) is 0 Å². The molecule has 0 heterocycles. The van der Waals surface area contributed by atoms with Crippen molar-refractivity contribution >= 4 is 17.9 Å². The molecule has 2 atom stereocenters. The first-order valence-corrected chi connectivity index (χ1v) is 26.3. The number of ether oxygens (including phenoxy) is 3. The van der Waals surface area contributed by atoms with Crippen LogP contribution in [0.2, 0.25) is 0 Å². The van der Waals surface area contributed by atoms with Crippen molar-refractivity contribution in [1.29, 1.82) is 0 Å². The molecule has 0 rings (SSSR count). The van der Waals surface area contributed by atoms with Crippen molar-refractivity contribution in [2.75, 3.05) is 41.0 Å². The maximum absolute atomic E-state index is 12.8. The van der Waals surface area contributed by atoms with Crippen molar-refractivity contribution in [3.8, 4) is 0 Å². The van der Waals surface area contributed by atoms with Gasteiger partial charge in [-0.1, -0.05) is 175 Å². The van der Waals surface area contributed by atoms with E-state index in [1.165, 1.54) is 51.4 Å².